The lowest BCUT2D eigenvalue weighted by atomic mass is 9.85. The van der Waals surface area contributed by atoms with Gasteiger partial charge >= 0.3 is 0 Å². The van der Waals surface area contributed by atoms with Crippen molar-refractivity contribution in [2.75, 3.05) is 19.2 Å². The van der Waals surface area contributed by atoms with E-state index in [4.69, 9.17) is 14.2 Å². The Morgan fingerprint density at radius 1 is 1.18 bits per heavy atom. The van der Waals surface area contributed by atoms with Gasteiger partial charge in [0, 0.05) is 17.7 Å². The summed E-state index contributed by atoms with van der Waals surface area (Å²) >= 11 is 0. The normalized spacial score (nSPS) is 13.8. The van der Waals surface area contributed by atoms with Crippen molar-refractivity contribution >= 4 is 17.7 Å². The number of methoxy groups -OCH3 is 1. The van der Waals surface area contributed by atoms with E-state index in [0.29, 0.717) is 6.42 Å². The van der Waals surface area contributed by atoms with Crippen LogP contribution in [0.3, 0.4) is 0 Å². The molecule has 0 aromatic heterocycles. The average Bonchev–Trinajstić information content (AvgIpc) is 3.25. The molecule has 33 heavy (non-hydrogen) atoms. The maximum Gasteiger partial charge on any atom is 0.231 e. The molecule has 1 heterocycles. The van der Waals surface area contributed by atoms with Crippen LogP contribution in [0.25, 0.3) is 6.08 Å². The quantitative estimate of drug-likeness (QED) is 0.311. The molecular formula is C28H37NO4. The van der Waals surface area contributed by atoms with Crippen molar-refractivity contribution < 1.29 is 19.0 Å². The molecule has 5 nitrogen and oxygen atoms in total. The molecule has 1 atom stereocenters. The Balaban J connectivity index is 1.84. The molecule has 2 aromatic carbocycles. The first-order valence-corrected chi connectivity index (χ1v) is 11.9. The topological polar surface area (TPSA) is 56.8 Å². The Morgan fingerprint density at radius 3 is 2.73 bits per heavy atom. The third kappa shape index (κ3) is 6.53. The van der Waals surface area contributed by atoms with Gasteiger partial charge in [-0.1, -0.05) is 71.2 Å². The minimum atomic E-state index is -0.0991. The standard InChI is InChI=1S/C28H37NO4/c1-6-7-8-10-21(22-11-9-12-25-27(22)33-19-32-25)18-26(30)29-24-17-20(15-16-31-5)13-14-23(24)28(2,3)4/h9,11-17,21H,6-8,10,18-19H2,1-5H3,(H,29,30)/b16-15+. The number of benzene rings is 2. The molecule has 0 radical (unpaired) electrons. The van der Waals surface area contributed by atoms with E-state index in [1.807, 2.05) is 30.3 Å². The fourth-order valence-electron chi connectivity index (χ4n) is 4.28. The van der Waals surface area contributed by atoms with Crippen LogP contribution >= 0.6 is 0 Å². The van der Waals surface area contributed by atoms with E-state index < -0.39 is 0 Å². The number of amides is 1. The van der Waals surface area contributed by atoms with Gasteiger partial charge in [0.1, 0.15) is 0 Å². The third-order valence-corrected chi connectivity index (χ3v) is 5.98. The second-order valence-corrected chi connectivity index (χ2v) is 9.62. The minimum absolute atomic E-state index is 0.00591. The van der Waals surface area contributed by atoms with E-state index in [2.05, 4.69) is 45.1 Å². The smallest absolute Gasteiger partial charge is 0.231 e. The Labute approximate surface area is 198 Å². The van der Waals surface area contributed by atoms with Crippen molar-refractivity contribution in [2.45, 2.75) is 71.1 Å². The fourth-order valence-corrected chi connectivity index (χ4v) is 4.28. The monoisotopic (exact) mass is 451 g/mol. The molecular weight excluding hydrogens is 414 g/mol. The van der Waals surface area contributed by atoms with Gasteiger partial charge in [0.15, 0.2) is 11.5 Å². The summed E-state index contributed by atoms with van der Waals surface area (Å²) in [6, 6.07) is 12.1. The predicted octanol–water partition coefficient (Wildman–Crippen LogP) is 7.02. The fraction of sp³-hybridized carbons (Fsp3) is 0.464. The lowest BCUT2D eigenvalue weighted by molar-refractivity contribution is -0.116. The van der Waals surface area contributed by atoms with E-state index >= 15 is 0 Å². The van der Waals surface area contributed by atoms with Gasteiger partial charge in [-0.15, -0.1) is 0 Å². The molecule has 0 bridgehead atoms. The van der Waals surface area contributed by atoms with Crippen LogP contribution in [0.4, 0.5) is 5.69 Å². The molecule has 0 fully saturated rings. The number of ether oxygens (including phenoxy) is 3. The largest absolute Gasteiger partial charge is 0.504 e. The van der Waals surface area contributed by atoms with Crippen molar-refractivity contribution in [3.05, 3.63) is 59.4 Å². The van der Waals surface area contributed by atoms with Crippen molar-refractivity contribution in [3.63, 3.8) is 0 Å². The molecule has 1 unspecified atom stereocenters. The van der Waals surface area contributed by atoms with Crippen molar-refractivity contribution in [3.8, 4) is 11.5 Å². The summed E-state index contributed by atoms with van der Waals surface area (Å²) in [6.45, 7) is 8.89. The highest BCUT2D eigenvalue weighted by Gasteiger charge is 2.26. The molecule has 0 saturated carbocycles. The van der Waals surface area contributed by atoms with Crippen molar-refractivity contribution in [1.82, 2.24) is 0 Å². The highest BCUT2D eigenvalue weighted by molar-refractivity contribution is 5.92. The number of rotatable bonds is 10. The first kappa shape index (κ1) is 24.7. The summed E-state index contributed by atoms with van der Waals surface area (Å²) in [5.74, 6) is 1.63. The molecule has 1 aliphatic heterocycles. The van der Waals surface area contributed by atoms with Gasteiger partial charge in [0.05, 0.1) is 13.4 Å². The zero-order valence-electron chi connectivity index (χ0n) is 20.6. The molecule has 0 aliphatic carbocycles. The molecule has 0 spiro atoms. The number of carbonyl (C=O) groups is 1. The summed E-state index contributed by atoms with van der Waals surface area (Å²) in [7, 11) is 1.62. The maximum atomic E-state index is 13.3. The van der Waals surface area contributed by atoms with E-state index in [9.17, 15) is 4.79 Å². The van der Waals surface area contributed by atoms with E-state index in [-0.39, 0.29) is 24.0 Å². The summed E-state index contributed by atoms with van der Waals surface area (Å²) in [4.78, 5) is 13.3. The van der Waals surface area contributed by atoms with Crippen LogP contribution in [0, 0.1) is 0 Å². The SMILES string of the molecule is CCCCCC(CC(=O)Nc1cc(/C=C/OC)ccc1C(C)(C)C)c1cccc2c1OCO2. The lowest BCUT2D eigenvalue weighted by Crippen LogP contribution is -2.20. The summed E-state index contributed by atoms with van der Waals surface area (Å²) < 4.78 is 16.4. The highest BCUT2D eigenvalue weighted by Crippen LogP contribution is 2.42. The third-order valence-electron chi connectivity index (χ3n) is 5.98. The Bertz CT molecular complexity index is 974. The van der Waals surface area contributed by atoms with Gasteiger partial charge < -0.3 is 19.5 Å². The Hall–Kier alpha value is -2.95. The van der Waals surface area contributed by atoms with Gasteiger partial charge in [0.25, 0.3) is 0 Å². The highest BCUT2D eigenvalue weighted by atomic mass is 16.7. The molecule has 178 valence electrons. The molecule has 1 amide bonds. The molecule has 1 aliphatic rings. The van der Waals surface area contributed by atoms with Crippen LogP contribution in [-0.4, -0.2) is 19.8 Å². The number of hydrogen-bond acceptors (Lipinski definition) is 4. The second-order valence-electron chi connectivity index (χ2n) is 9.62. The zero-order chi connectivity index (χ0) is 23.8. The molecule has 5 heteroatoms. The van der Waals surface area contributed by atoms with Gasteiger partial charge in [-0.05, 0) is 47.1 Å². The number of unbranched alkanes of at least 4 members (excludes halogenated alkanes) is 2. The van der Waals surface area contributed by atoms with Crippen LogP contribution < -0.4 is 14.8 Å². The number of carbonyl (C=O) groups excluding carboxylic acids is 1. The molecule has 3 rings (SSSR count). The van der Waals surface area contributed by atoms with Gasteiger partial charge in [-0.25, -0.2) is 0 Å². The number of nitrogens with one attached hydrogen (secondary N) is 1. The number of para-hydroxylation sites is 1. The van der Waals surface area contributed by atoms with Crippen LogP contribution in [-0.2, 0) is 14.9 Å². The van der Waals surface area contributed by atoms with Crippen LogP contribution in [0.15, 0.2) is 42.7 Å². The first-order chi connectivity index (χ1) is 15.8. The number of fused-ring (bicyclic) bond motifs is 1. The van der Waals surface area contributed by atoms with E-state index in [1.54, 1.807) is 13.4 Å². The van der Waals surface area contributed by atoms with Crippen LogP contribution in [0.1, 0.15) is 82.4 Å². The average molecular weight is 452 g/mol. The van der Waals surface area contributed by atoms with Crippen LogP contribution in [0.5, 0.6) is 11.5 Å². The van der Waals surface area contributed by atoms with Crippen LogP contribution in [0.2, 0.25) is 0 Å². The summed E-state index contributed by atoms with van der Waals surface area (Å²) in [5, 5.41) is 3.21. The minimum Gasteiger partial charge on any atom is -0.504 e. The molecule has 2 aromatic rings. The van der Waals surface area contributed by atoms with Gasteiger partial charge in [-0.3, -0.25) is 4.79 Å². The van der Waals surface area contributed by atoms with E-state index in [1.165, 1.54) is 0 Å². The van der Waals surface area contributed by atoms with E-state index in [0.717, 1.165) is 59.6 Å². The van der Waals surface area contributed by atoms with Crippen molar-refractivity contribution in [1.29, 1.82) is 0 Å². The van der Waals surface area contributed by atoms with Gasteiger partial charge in [-0.2, -0.15) is 0 Å². The number of anilines is 1. The summed E-state index contributed by atoms with van der Waals surface area (Å²) in [6.07, 6.45) is 8.22. The Kier molecular flexibility index (Phi) is 8.43. The summed E-state index contributed by atoms with van der Waals surface area (Å²) in [5.41, 5.74) is 3.88. The Morgan fingerprint density at radius 2 is 2.00 bits per heavy atom. The second kappa shape index (κ2) is 11.3. The predicted molar refractivity (Wildman–Crippen MR) is 134 cm³/mol. The van der Waals surface area contributed by atoms with Gasteiger partial charge in [0.2, 0.25) is 12.7 Å². The van der Waals surface area contributed by atoms with Crippen molar-refractivity contribution in [2.24, 2.45) is 0 Å². The maximum absolute atomic E-state index is 13.3. The molecule has 1 N–H and O–H groups in total. The zero-order valence-corrected chi connectivity index (χ0v) is 20.6. The number of hydrogen-bond donors (Lipinski definition) is 1. The first-order valence-electron chi connectivity index (χ1n) is 11.9. The lowest BCUT2D eigenvalue weighted by Gasteiger charge is -2.24. The molecule has 0 saturated heterocycles.